The van der Waals surface area contributed by atoms with Gasteiger partial charge in [-0.05, 0) is 13.8 Å². The van der Waals surface area contributed by atoms with E-state index in [1.54, 1.807) is 17.0 Å². The van der Waals surface area contributed by atoms with Gasteiger partial charge < -0.3 is 4.74 Å². The van der Waals surface area contributed by atoms with Crippen molar-refractivity contribution in [2.45, 2.75) is 26.3 Å². The van der Waals surface area contributed by atoms with Gasteiger partial charge in [-0.2, -0.15) is 5.10 Å². The lowest BCUT2D eigenvalue weighted by Crippen LogP contribution is -2.12. The molecular weight excluding hydrogens is 192 g/mol. The summed E-state index contributed by atoms with van der Waals surface area (Å²) < 4.78 is 6.78. The van der Waals surface area contributed by atoms with Crippen LogP contribution in [-0.2, 0) is 0 Å². The van der Waals surface area contributed by atoms with Crippen LogP contribution in [0.1, 0.15) is 36.8 Å². The molecular formula is C11H16N2O2. The summed E-state index contributed by atoms with van der Waals surface area (Å²) >= 11 is 0. The molecule has 0 N–H and O–H groups in total. The van der Waals surface area contributed by atoms with Crippen LogP contribution in [0.5, 0.6) is 5.75 Å². The number of ketones is 1. The third-order valence-electron chi connectivity index (χ3n) is 2.06. The fraction of sp³-hybridized carbons (Fsp3) is 0.455. The Bertz CT molecular complexity index is 367. The Balaban J connectivity index is 3.15. The van der Waals surface area contributed by atoms with Gasteiger partial charge in [-0.3, -0.25) is 9.48 Å². The number of Topliss-reactive ketones (excluding diaryl/α,β-unsaturated/α-hetero) is 1. The largest absolute Gasteiger partial charge is 0.493 e. The van der Waals surface area contributed by atoms with E-state index in [0.717, 1.165) is 0 Å². The fourth-order valence-corrected chi connectivity index (χ4v) is 1.38. The number of hydrogen-bond acceptors (Lipinski definition) is 3. The van der Waals surface area contributed by atoms with E-state index in [9.17, 15) is 4.79 Å². The first-order chi connectivity index (χ1) is 7.11. The van der Waals surface area contributed by atoms with Crippen molar-refractivity contribution in [3.05, 3.63) is 24.5 Å². The quantitative estimate of drug-likeness (QED) is 0.550. The van der Waals surface area contributed by atoms with E-state index < -0.39 is 0 Å². The highest BCUT2D eigenvalue weighted by molar-refractivity contribution is 5.97. The van der Waals surface area contributed by atoms with Crippen LogP contribution < -0.4 is 4.74 Å². The van der Waals surface area contributed by atoms with Crippen molar-refractivity contribution in [1.29, 1.82) is 0 Å². The molecule has 0 saturated carbocycles. The van der Waals surface area contributed by atoms with Gasteiger partial charge >= 0.3 is 0 Å². The predicted molar refractivity (Wildman–Crippen MR) is 58.3 cm³/mol. The van der Waals surface area contributed by atoms with Crippen LogP contribution in [0.15, 0.2) is 18.9 Å². The molecule has 0 aromatic carbocycles. The van der Waals surface area contributed by atoms with E-state index in [1.165, 1.54) is 7.11 Å². The number of nitrogens with zero attached hydrogens (tertiary/aromatic N) is 2. The molecule has 0 atom stereocenters. The molecule has 15 heavy (non-hydrogen) atoms. The lowest BCUT2D eigenvalue weighted by Gasteiger charge is -2.10. The summed E-state index contributed by atoms with van der Waals surface area (Å²) in [4.78, 5) is 11.8. The molecule has 0 spiro atoms. The van der Waals surface area contributed by atoms with Gasteiger partial charge in [-0.25, -0.2) is 0 Å². The lowest BCUT2D eigenvalue weighted by molar-refractivity contribution is 0.0980. The van der Waals surface area contributed by atoms with Gasteiger partial charge in [0.25, 0.3) is 0 Å². The highest BCUT2D eigenvalue weighted by Gasteiger charge is 2.19. The van der Waals surface area contributed by atoms with E-state index in [-0.39, 0.29) is 11.8 Å². The first-order valence-corrected chi connectivity index (χ1v) is 4.87. The Hall–Kier alpha value is -1.58. The van der Waals surface area contributed by atoms with Crippen molar-refractivity contribution < 1.29 is 9.53 Å². The molecule has 4 heteroatoms. The molecule has 0 amide bonds. The summed E-state index contributed by atoms with van der Waals surface area (Å²) in [7, 11) is 1.53. The maximum atomic E-state index is 11.8. The van der Waals surface area contributed by atoms with E-state index in [2.05, 4.69) is 11.7 Å². The zero-order valence-electron chi connectivity index (χ0n) is 9.36. The zero-order valence-corrected chi connectivity index (χ0v) is 9.36. The molecule has 0 radical (unpaired) electrons. The third-order valence-corrected chi connectivity index (χ3v) is 2.06. The van der Waals surface area contributed by atoms with Crippen LogP contribution in [-0.4, -0.2) is 22.7 Å². The van der Waals surface area contributed by atoms with E-state index >= 15 is 0 Å². The number of carbonyl (C=O) groups is 1. The van der Waals surface area contributed by atoms with Crippen molar-refractivity contribution in [1.82, 2.24) is 9.78 Å². The monoisotopic (exact) mass is 208 g/mol. The number of carbonyl (C=O) groups excluding carboxylic acids is 1. The summed E-state index contributed by atoms with van der Waals surface area (Å²) in [6.45, 7) is 7.49. The average molecular weight is 208 g/mol. The normalized spacial score (nSPS) is 10.4. The second kappa shape index (κ2) is 4.77. The Morgan fingerprint density at radius 3 is 2.87 bits per heavy atom. The minimum atomic E-state index is -0.0203. The molecule has 0 aliphatic heterocycles. The van der Waals surface area contributed by atoms with Gasteiger partial charge in [0.15, 0.2) is 11.5 Å². The smallest absolute Gasteiger partial charge is 0.188 e. The molecule has 0 aliphatic carbocycles. The van der Waals surface area contributed by atoms with E-state index in [1.807, 2.05) is 13.8 Å². The van der Waals surface area contributed by atoms with Crippen LogP contribution in [0, 0.1) is 0 Å². The maximum Gasteiger partial charge on any atom is 0.188 e. The summed E-state index contributed by atoms with van der Waals surface area (Å²) in [6, 6.07) is 0.137. The molecule has 0 saturated heterocycles. The molecule has 82 valence electrons. The lowest BCUT2D eigenvalue weighted by atomic mass is 10.2. The Morgan fingerprint density at radius 1 is 1.73 bits per heavy atom. The van der Waals surface area contributed by atoms with Crippen molar-refractivity contribution in [2.75, 3.05) is 7.11 Å². The van der Waals surface area contributed by atoms with Crippen LogP contribution in [0.3, 0.4) is 0 Å². The number of rotatable bonds is 5. The van der Waals surface area contributed by atoms with Gasteiger partial charge in [0, 0.05) is 12.5 Å². The standard InChI is InChI=1S/C11H16N2O2/c1-5-6-9(14)11-10(15-4)7-12-13(11)8(2)3/h5,7-8H,1,6H2,2-4H3. The Morgan fingerprint density at radius 2 is 2.40 bits per heavy atom. The fourth-order valence-electron chi connectivity index (χ4n) is 1.38. The van der Waals surface area contributed by atoms with Gasteiger partial charge in [0.1, 0.15) is 5.69 Å². The van der Waals surface area contributed by atoms with Gasteiger partial charge in [-0.15, -0.1) is 6.58 Å². The second-order valence-corrected chi connectivity index (χ2v) is 3.52. The molecule has 1 rings (SSSR count). The van der Waals surface area contributed by atoms with Crippen molar-refractivity contribution in [2.24, 2.45) is 0 Å². The SMILES string of the molecule is C=CCC(=O)c1c(OC)cnn1C(C)C. The third kappa shape index (κ3) is 2.26. The van der Waals surface area contributed by atoms with Crippen LogP contribution in [0.2, 0.25) is 0 Å². The summed E-state index contributed by atoms with van der Waals surface area (Å²) in [6.07, 6.45) is 3.45. The molecule has 0 fully saturated rings. The van der Waals surface area contributed by atoms with Crippen LogP contribution in [0.25, 0.3) is 0 Å². The number of allylic oxidation sites excluding steroid dienone is 1. The second-order valence-electron chi connectivity index (χ2n) is 3.52. The number of hydrogen-bond donors (Lipinski definition) is 0. The minimum absolute atomic E-state index is 0.0203. The van der Waals surface area contributed by atoms with Crippen molar-refractivity contribution >= 4 is 5.78 Å². The van der Waals surface area contributed by atoms with E-state index in [0.29, 0.717) is 17.9 Å². The number of methoxy groups -OCH3 is 1. The average Bonchev–Trinajstić information content (AvgIpc) is 2.61. The van der Waals surface area contributed by atoms with Crippen molar-refractivity contribution in [3.8, 4) is 5.75 Å². The highest BCUT2D eigenvalue weighted by Crippen LogP contribution is 2.22. The molecule has 0 aliphatic rings. The minimum Gasteiger partial charge on any atom is -0.493 e. The van der Waals surface area contributed by atoms with Gasteiger partial charge in [0.05, 0.1) is 13.3 Å². The zero-order chi connectivity index (χ0) is 11.4. The summed E-state index contributed by atoms with van der Waals surface area (Å²) in [5.41, 5.74) is 0.521. The summed E-state index contributed by atoms with van der Waals surface area (Å²) in [5, 5.41) is 4.13. The molecule has 1 aromatic rings. The van der Waals surface area contributed by atoms with Gasteiger partial charge in [-0.1, -0.05) is 6.08 Å². The highest BCUT2D eigenvalue weighted by atomic mass is 16.5. The molecule has 1 aromatic heterocycles. The molecule has 1 heterocycles. The number of aromatic nitrogens is 2. The molecule has 0 bridgehead atoms. The van der Waals surface area contributed by atoms with Crippen LogP contribution >= 0.6 is 0 Å². The Labute approximate surface area is 89.5 Å². The van der Waals surface area contributed by atoms with Crippen molar-refractivity contribution in [3.63, 3.8) is 0 Å². The van der Waals surface area contributed by atoms with E-state index in [4.69, 9.17) is 4.74 Å². The Kier molecular flexibility index (Phi) is 3.66. The van der Waals surface area contributed by atoms with Gasteiger partial charge in [0.2, 0.25) is 0 Å². The molecule has 4 nitrogen and oxygen atoms in total. The first-order valence-electron chi connectivity index (χ1n) is 4.87. The molecule has 0 unspecified atom stereocenters. The van der Waals surface area contributed by atoms with Crippen LogP contribution in [0.4, 0.5) is 0 Å². The topological polar surface area (TPSA) is 44.1 Å². The maximum absolute atomic E-state index is 11.8. The first kappa shape index (κ1) is 11.5. The number of ether oxygens (including phenoxy) is 1. The summed E-state index contributed by atoms with van der Waals surface area (Å²) in [5.74, 6) is 0.503. The predicted octanol–water partition coefficient (Wildman–Crippen LogP) is 2.23.